The zero-order valence-electron chi connectivity index (χ0n) is 9.54. The Kier molecular flexibility index (Phi) is 4.22. The predicted molar refractivity (Wildman–Crippen MR) is 59.5 cm³/mol. The largest absolute Gasteiger partial charge is 0.481 e. The lowest BCUT2D eigenvalue weighted by Crippen LogP contribution is -2.21. The summed E-state index contributed by atoms with van der Waals surface area (Å²) in [6, 6.07) is 0. The van der Waals surface area contributed by atoms with Crippen LogP contribution >= 0.6 is 0 Å². The van der Waals surface area contributed by atoms with E-state index < -0.39 is 5.97 Å². The lowest BCUT2D eigenvalue weighted by Gasteiger charge is -2.04. The van der Waals surface area contributed by atoms with Gasteiger partial charge < -0.3 is 10.1 Å². The van der Waals surface area contributed by atoms with Gasteiger partial charge in [0, 0.05) is 17.7 Å². The van der Waals surface area contributed by atoms with Crippen molar-refractivity contribution in [2.45, 2.75) is 39.5 Å². The number of H-pyrrole nitrogens is 1. The number of carbonyl (C=O) groups is 1. The van der Waals surface area contributed by atoms with Crippen molar-refractivity contribution in [2.24, 2.45) is 0 Å². The smallest absolute Gasteiger partial charge is 0.308 e. The Bertz CT molecular complexity index is 437. The van der Waals surface area contributed by atoms with Crippen LogP contribution in [0.1, 0.15) is 36.8 Å². The van der Waals surface area contributed by atoms with E-state index in [1.54, 1.807) is 6.92 Å². The molecule has 0 bridgehead atoms. The van der Waals surface area contributed by atoms with Crippen molar-refractivity contribution < 1.29 is 9.90 Å². The Morgan fingerprint density at radius 2 is 2.19 bits per heavy atom. The van der Waals surface area contributed by atoms with Crippen molar-refractivity contribution in [3.05, 3.63) is 27.4 Å². The van der Waals surface area contributed by atoms with Gasteiger partial charge in [-0.1, -0.05) is 13.3 Å². The Hall–Kier alpha value is -1.65. The summed E-state index contributed by atoms with van der Waals surface area (Å²) in [6.45, 7) is 3.73. The summed E-state index contributed by atoms with van der Waals surface area (Å²) in [7, 11) is 0. The fraction of sp³-hybridized carbons (Fsp3) is 0.545. The minimum absolute atomic E-state index is 0.243. The first-order valence-electron chi connectivity index (χ1n) is 5.35. The maximum absolute atomic E-state index is 11.6. The van der Waals surface area contributed by atoms with Crippen LogP contribution in [0.4, 0.5) is 0 Å². The molecule has 0 aliphatic carbocycles. The fourth-order valence-corrected chi connectivity index (χ4v) is 1.49. The highest BCUT2D eigenvalue weighted by molar-refractivity contribution is 5.70. The molecule has 0 aliphatic heterocycles. The van der Waals surface area contributed by atoms with E-state index in [-0.39, 0.29) is 17.5 Å². The molecule has 16 heavy (non-hydrogen) atoms. The molecule has 0 spiro atoms. The molecule has 1 rings (SSSR count). The minimum atomic E-state index is -1.02. The fourth-order valence-electron chi connectivity index (χ4n) is 1.49. The molecule has 0 fully saturated rings. The van der Waals surface area contributed by atoms with Gasteiger partial charge in [-0.25, -0.2) is 4.98 Å². The molecule has 0 saturated heterocycles. The second-order valence-corrected chi connectivity index (χ2v) is 3.75. The van der Waals surface area contributed by atoms with Gasteiger partial charge in [-0.15, -0.1) is 0 Å². The molecule has 0 unspecified atom stereocenters. The first-order chi connectivity index (χ1) is 7.54. The highest BCUT2D eigenvalue weighted by atomic mass is 16.4. The van der Waals surface area contributed by atoms with Crippen LogP contribution in [0.15, 0.2) is 4.79 Å². The Balaban J connectivity index is 2.98. The zero-order chi connectivity index (χ0) is 12.1. The molecule has 2 N–H and O–H groups in total. The Morgan fingerprint density at radius 1 is 1.50 bits per heavy atom. The van der Waals surface area contributed by atoms with Gasteiger partial charge in [0.25, 0.3) is 5.56 Å². The highest BCUT2D eigenvalue weighted by Gasteiger charge is 2.11. The van der Waals surface area contributed by atoms with Crippen LogP contribution in [0, 0.1) is 6.92 Å². The summed E-state index contributed by atoms with van der Waals surface area (Å²) in [5, 5.41) is 8.65. The molecule has 1 heterocycles. The normalized spacial score (nSPS) is 10.4. The van der Waals surface area contributed by atoms with E-state index in [0.717, 1.165) is 19.3 Å². The van der Waals surface area contributed by atoms with Gasteiger partial charge >= 0.3 is 5.97 Å². The third-order valence-corrected chi connectivity index (χ3v) is 2.37. The SMILES string of the molecule is CCCCc1nc(C)c(CC(=O)O)c(=O)[nH]1. The summed E-state index contributed by atoms with van der Waals surface area (Å²) in [5.74, 6) is -0.379. The second-order valence-electron chi connectivity index (χ2n) is 3.75. The van der Waals surface area contributed by atoms with E-state index in [1.165, 1.54) is 0 Å². The number of carboxylic acid groups (broad SMARTS) is 1. The van der Waals surface area contributed by atoms with E-state index >= 15 is 0 Å². The third-order valence-electron chi connectivity index (χ3n) is 2.37. The number of aryl methyl sites for hydroxylation is 2. The molecule has 0 saturated carbocycles. The van der Waals surface area contributed by atoms with Gasteiger partial charge in [-0.05, 0) is 13.3 Å². The van der Waals surface area contributed by atoms with E-state index in [4.69, 9.17) is 5.11 Å². The number of hydrogen-bond donors (Lipinski definition) is 2. The zero-order valence-corrected chi connectivity index (χ0v) is 9.54. The minimum Gasteiger partial charge on any atom is -0.481 e. The van der Waals surface area contributed by atoms with Crippen LogP contribution in [0.2, 0.25) is 0 Å². The molecule has 1 aromatic rings. The number of aromatic nitrogens is 2. The quantitative estimate of drug-likeness (QED) is 0.783. The van der Waals surface area contributed by atoms with Gasteiger partial charge in [-0.2, -0.15) is 0 Å². The number of aromatic amines is 1. The predicted octanol–water partition coefficient (Wildman–Crippen LogP) is 1.05. The van der Waals surface area contributed by atoms with Crippen LogP contribution in [0.25, 0.3) is 0 Å². The number of nitrogens with one attached hydrogen (secondary N) is 1. The first-order valence-corrected chi connectivity index (χ1v) is 5.35. The molecule has 0 aromatic carbocycles. The average Bonchev–Trinajstić information content (AvgIpc) is 2.20. The first kappa shape index (κ1) is 12.4. The van der Waals surface area contributed by atoms with Crippen LogP contribution in [0.3, 0.4) is 0 Å². The number of unbranched alkanes of at least 4 members (excludes halogenated alkanes) is 1. The summed E-state index contributed by atoms with van der Waals surface area (Å²) in [4.78, 5) is 29.0. The third kappa shape index (κ3) is 3.18. The van der Waals surface area contributed by atoms with Crippen LogP contribution in [-0.2, 0) is 17.6 Å². The molecule has 5 heteroatoms. The summed E-state index contributed by atoms with van der Waals surface area (Å²) in [5.41, 5.74) is 0.422. The lowest BCUT2D eigenvalue weighted by atomic mass is 10.1. The maximum atomic E-state index is 11.6. The van der Waals surface area contributed by atoms with Crippen LogP contribution < -0.4 is 5.56 Å². The van der Waals surface area contributed by atoms with E-state index in [9.17, 15) is 9.59 Å². The van der Waals surface area contributed by atoms with Crippen molar-refractivity contribution in [3.63, 3.8) is 0 Å². The standard InChI is InChI=1S/C11H16N2O3/c1-3-4-5-9-12-7(2)8(6-10(14)15)11(16)13-9/h3-6H2,1-2H3,(H,14,15)(H,12,13,16). The van der Waals surface area contributed by atoms with E-state index in [2.05, 4.69) is 16.9 Å². The van der Waals surface area contributed by atoms with Gasteiger partial charge in [0.1, 0.15) is 5.82 Å². The van der Waals surface area contributed by atoms with Crippen molar-refractivity contribution >= 4 is 5.97 Å². The summed E-state index contributed by atoms with van der Waals surface area (Å²) < 4.78 is 0. The number of carboxylic acids is 1. The lowest BCUT2D eigenvalue weighted by molar-refractivity contribution is -0.136. The Labute approximate surface area is 93.5 Å². The molecular formula is C11H16N2O3. The van der Waals surface area contributed by atoms with E-state index in [1.807, 2.05) is 0 Å². The highest BCUT2D eigenvalue weighted by Crippen LogP contribution is 2.03. The van der Waals surface area contributed by atoms with Crippen molar-refractivity contribution in [3.8, 4) is 0 Å². The van der Waals surface area contributed by atoms with Gasteiger partial charge in [0.2, 0.25) is 0 Å². The molecule has 0 atom stereocenters. The van der Waals surface area contributed by atoms with Crippen molar-refractivity contribution in [2.75, 3.05) is 0 Å². The van der Waals surface area contributed by atoms with E-state index in [0.29, 0.717) is 11.5 Å². The number of nitrogens with zero attached hydrogens (tertiary/aromatic N) is 1. The number of aliphatic carboxylic acids is 1. The van der Waals surface area contributed by atoms with Crippen LogP contribution in [0.5, 0.6) is 0 Å². The summed E-state index contributed by atoms with van der Waals surface area (Å²) in [6.07, 6.45) is 2.43. The average molecular weight is 224 g/mol. The summed E-state index contributed by atoms with van der Waals surface area (Å²) >= 11 is 0. The molecule has 1 aromatic heterocycles. The van der Waals surface area contributed by atoms with Crippen molar-refractivity contribution in [1.82, 2.24) is 9.97 Å². The van der Waals surface area contributed by atoms with Gasteiger partial charge in [-0.3, -0.25) is 9.59 Å². The maximum Gasteiger partial charge on any atom is 0.308 e. The van der Waals surface area contributed by atoms with Gasteiger partial charge in [0.15, 0.2) is 0 Å². The monoisotopic (exact) mass is 224 g/mol. The number of hydrogen-bond acceptors (Lipinski definition) is 3. The number of rotatable bonds is 5. The molecule has 0 aliphatic rings. The molecule has 0 amide bonds. The van der Waals surface area contributed by atoms with Crippen molar-refractivity contribution in [1.29, 1.82) is 0 Å². The molecule has 5 nitrogen and oxygen atoms in total. The molecule has 88 valence electrons. The topological polar surface area (TPSA) is 83.0 Å². The van der Waals surface area contributed by atoms with Gasteiger partial charge in [0.05, 0.1) is 6.42 Å². The second kappa shape index (κ2) is 5.44. The van der Waals surface area contributed by atoms with Crippen LogP contribution in [-0.4, -0.2) is 21.0 Å². The molecule has 0 radical (unpaired) electrons. The molecular weight excluding hydrogens is 208 g/mol. The Morgan fingerprint density at radius 3 is 2.69 bits per heavy atom.